The van der Waals surface area contributed by atoms with Crippen LogP contribution in [-0.2, 0) is 25.4 Å². The van der Waals surface area contributed by atoms with Crippen LogP contribution in [0.1, 0.15) is 48.1 Å². The number of nitrogens with one attached hydrogen (secondary N) is 1. The second kappa shape index (κ2) is 12.5. The molecule has 0 bridgehead atoms. The summed E-state index contributed by atoms with van der Waals surface area (Å²) >= 11 is 0. The standard InChI is InChI=1S/C34H37F3N4O9/c1-6-41(5)23(15-9-7-8-10-16(15)34(35,36)37)32(49)39-17-12-11-14-13(2)18-20(26(43)19(14)25(17)42)29(46)33(50)22(27(18)44)24(40(3)4)28(45)21(30(33)47)31(38)48/h7-13,18,22-24,27,42-44,47,50H,6H2,1-5H3,(H2,38,48)(H,39,49)/t13?,18?,22?,23?,24-,27?,33?/m0/s1. The first-order chi connectivity index (χ1) is 23.2. The van der Waals surface area contributed by atoms with E-state index >= 15 is 0 Å². The smallest absolute Gasteiger partial charge is 0.416 e. The highest BCUT2D eigenvalue weighted by molar-refractivity contribution is 6.24. The van der Waals surface area contributed by atoms with Crippen molar-refractivity contribution in [3.05, 3.63) is 75.6 Å². The van der Waals surface area contributed by atoms with Crippen molar-refractivity contribution in [2.24, 2.45) is 17.6 Å². The van der Waals surface area contributed by atoms with Gasteiger partial charge in [0.05, 0.1) is 34.9 Å². The number of anilines is 1. The zero-order valence-corrected chi connectivity index (χ0v) is 27.6. The van der Waals surface area contributed by atoms with Crippen LogP contribution in [0.2, 0.25) is 0 Å². The molecule has 0 heterocycles. The summed E-state index contributed by atoms with van der Waals surface area (Å²) < 4.78 is 41.8. The average molecular weight is 703 g/mol. The quantitative estimate of drug-likeness (QED) is 0.164. The lowest BCUT2D eigenvalue weighted by Crippen LogP contribution is -2.70. The number of benzene rings is 2. The van der Waals surface area contributed by atoms with E-state index in [4.69, 9.17) is 5.73 Å². The summed E-state index contributed by atoms with van der Waals surface area (Å²) in [6, 6.07) is 4.15. The summed E-state index contributed by atoms with van der Waals surface area (Å²) in [5.74, 6) is -11.9. The third-order valence-corrected chi connectivity index (χ3v) is 10.1. The minimum absolute atomic E-state index is 0.152. The number of ketones is 2. The largest absolute Gasteiger partial charge is 0.508 e. The zero-order valence-electron chi connectivity index (χ0n) is 27.6. The van der Waals surface area contributed by atoms with Crippen LogP contribution in [0.15, 0.2) is 53.3 Å². The highest BCUT2D eigenvalue weighted by atomic mass is 19.4. The number of Topliss-reactive ketones (excluding diaryl/α,β-unsaturated/α-hetero) is 2. The van der Waals surface area contributed by atoms with Gasteiger partial charge in [0.25, 0.3) is 5.91 Å². The molecule has 2 aromatic rings. The molecule has 1 saturated carbocycles. The van der Waals surface area contributed by atoms with Gasteiger partial charge in [-0.15, -0.1) is 0 Å². The van der Waals surface area contributed by atoms with Crippen LogP contribution in [0.4, 0.5) is 18.9 Å². The molecule has 0 saturated heterocycles. The maximum absolute atomic E-state index is 14.2. The van der Waals surface area contributed by atoms with Crippen molar-refractivity contribution >= 4 is 34.8 Å². The summed E-state index contributed by atoms with van der Waals surface area (Å²) in [7, 11) is 4.22. The number of primary amides is 1. The van der Waals surface area contributed by atoms with Crippen molar-refractivity contribution in [1.82, 2.24) is 9.80 Å². The van der Waals surface area contributed by atoms with Crippen LogP contribution in [0.25, 0.3) is 5.76 Å². The van der Waals surface area contributed by atoms with Gasteiger partial charge >= 0.3 is 6.18 Å². The summed E-state index contributed by atoms with van der Waals surface area (Å²) in [5, 5.41) is 60.1. The molecule has 16 heteroatoms. The second-order valence-corrected chi connectivity index (χ2v) is 13.0. The first kappa shape index (κ1) is 36.5. The number of carbonyl (C=O) groups excluding carboxylic acids is 4. The number of phenolic OH excluding ortho intramolecular Hbond substituents is 1. The molecule has 0 spiro atoms. The zero-order chi connectivity index (χ0) is 37.4. The number of nitrogens with two attached hydrogens (primary N) is 1. The Labute approximate surface area is 284 Å². The fourth-order valence-corrected chi connectivity index (χ4v) is 7.67. The topological polar surface area (TPSA) is 214 Å². The van der Waals surface area contributed by atoms with Gasteiger partial charge in [0.15, 0.2) is 11.4 Å². The minimum atomic E-state index is -4.79. The molecule has 1 fully saturated rings. The number of rotatable bonds is 7. The fraction of sp³-hybridized carbons (Fsp3) is 0.412. The number of aliphatic hydroxyl groups is 4. The van der Waals surface area contributed by atoms with E-state index < -0.39 is 111 Å². The molecule has 268 valence electrons. The molecule has 2 aromatic carbocycles. The number of aliphatic hydroxyl groups excluding tert-OH is 3. The molecule has 50 heavy (non-hydrogen) atoms. The van der Waals surface area contributed by atoms with Crippen molar-refractivity contribution in [3.8, 4) is 5.75 Å². The maximum Gasteiger partial charge on any atom is 0.416 e. The van der Waals surface area contributed by atoms with Gasteiger partial charge in [-0.1, -0.05) is 38.1 Å². The Hall–Kier alpha value is -4.77. The Morgan fingerprint density at radius 3 is 2.24 bits per heavy atom. The third kappa shape index (κ3) is 5.25. The van der Waals surface area contributed by atoms with E-state index in [0.717, 1.165) is 12.1 Å². The Bertz CT molecular complexity index is 1870. The lowest BCUT2D eigenvalue weighted by Gasteiger charge is -2.53. The Balaban J connectivity index is 1.64. The van der Waals surface area contributed by atoms with Crippen LogP contribution in [-0.4, -0.2) is 104 Å². The van der Waals surface area contributed by atoms with Crippen molar-refractivity contribution in [3.63, 3.8) is 0 Å². The van der Waals surface area contributed by atoms with Gasteiger partial charge in [0.1, 0.15) is 28.9 Å². The summed E-state index contributed by atoms with van der Waals surface area (Å²) in [4.78, 5) is 56.1. The maximum atomic E-state index is 14.2. The predicted molar refractivity (Wildman–Crippen MR) is 171 cm³/mol. The normalized spacial score (nSPS) is 27.2. The van der Waals surface area contributed by atoms with Gasteiger partial charge in [-0.25, -0.2) is 0 Å². The molecule has 0 aliphatic heterocycles. The molecule has 8 N–H and O–H groups in total. The van der Waals surface area contributed by atoms with E-state index in [1.165, 1.54) is 62.1 Å². The lowest BCUT2D eigenvalue weighted by atomic mass is 9.54. The number of amides is 2. The Kier molecular flexibility index (Phi) is 9.15. The number of phenols is 1. The summed E-state index contributed by atoms with van der Waals surface area (Å²) in [5.41, 5.74) is -1.43. The number of aromatic hydroxyl groups is 1. The van der Waals surface area contributed by atoms with E-state index in [1.807, 2.05) is 0 Å². The summed E-state index contributed by atoms with van der Waals surface area (Å²) in [6.07, 6.45) is -6.59. The number of hydrogen-bond donors (Lipinski definition) is 7. The van der Waals surface area contributed by atoms with Crippen molar-refractivity contribution in [2.45, 2.75) is 49.7 Å². The highest BCUT2D eigenvalue weighted by Crippen LogP contribution is 2.56. The molecule has 3 aliphatic carbocycles. The monoisotopic (exact) mass is 702 g/mol. The predicted octanol–water partition coefficient (Wildman–Crippen LogP) is 2.15. The third-order valence-electron chi connectivity index (χ3n) is 10.1. The number of fused-ring (bicyclic) bond motifs is 3. The number of hydrogen-bond acceptors (Lipinski definition) is 11. The van der Waals surface area contributed by atoms with E-state index in [9.17, 15) is 57.9 Å². The number of nitrogens with zero attached hydrogens (tertiary/aromatic N) is 2. The van der Waals surface area contributed by atoms with Crippen LogP contribution in [0.3, 0.4) is 0 Å². The van der Waals surface area contributed by atoms with Crippen LogP contribution >= 0.6 is 0 Å². The van der Waals surface area contributed by atoms with Crippen LogP contribution < -0.4 is 11.1 Å². The number of alkyl halides is 3. The highest BCUT2D eigenvalue weighted by Gasteiger charge is 2.68. The first-order valence-corrected chi connectivity index (χ1v) is 15.6. The number of halogens is 3. The van der Waals surface area contributed by atoms with E-state index in [1.54, 1.807) is 6.92 Å². The SMILES string of the molecule is CCN(C)C(C(=O)Nc1ccc2c(c1O)C(O)=C1C(=O)C3(O)C(O)=C(C(N)=O)C(=O)[C@@H](N(C)C)C3C(O)C1C2C)c1ccccc1C(F)(F)F. The lowest BCUT2D eigenvalue weighted by molar-refractivity contribution is -0.169. The van der Waals surface area contributed by atoms with Crippen molar-refractivity contribution in [2.75, 3.05) is 33.0 Å². The molecule has 2 amide bonds. The molecular weight excluding hydrogens is 665 g/mol. The van der Waals surface area contributed by atoms with Gasteiger partial charge < -0.3 is 36.6 Å². The molecule has 5 rings (SSSR count). The van der Waals surface area contributed by atoms with Crippen LogP contribution in [0, 0.1) is 11.8 Å². The molecule has 7 atom stereocenters. The number of likely N-dealkylation sites (N-methyl/N-ethyl adjacent to an activating group) is 2. The van der Waals surface area contributed by atoms with Crippen molar-refractivity contribution < 1.29 is 57.9 Å². The van der Waals surface area contributed by atoms with Crippen molar-refractivity contribution in [1.29, 1.82) is 0 Å². The molecule has 0 aromatic heterocycles. The van der Waals surface area contributed by atoms with Gasteiger partial charge in [0.2, 0.25) is 11.7 Å². The molecule has 0 radical (unpaired) electrons. The van der Waals surface area contributed by atoms with E-state index in [2.05, 4.69) is 5.32 Å². The van der Waals surface area contributed by atoms with Gasteiger partial charge in [-0.05, 0) is 56.9 Å². The van der Waals surface area contributed by atoms with Gasteiger partial charge in [0, 0.05) is 11.5 Å². The van der Waals surface area contributed by atoms with Gasteiger partial charge in [-0.2, -0.15) is 13.2 Å². The fourth-order valence-electron chi connectivity index (χ4n) is 7.67. The second-order valence-electron chi connectivity index (χ2n) is 13.0. The molecular formula is C34H37F3N4O9. The first-order valence-electron chi connectivity index (χ1n) is 15.6. The van der Waals surface area contributed by atoms with E-state index in [0.29, 0.717) is 0 Å². The Morgan fingerprint density at radius 2 is 1.68 bits per heavy atom. The van der Waals surface area contributed by atoms with E-state index in [-0.39, 0.29) is 23.4 Å². The van der Waals surface area contributed by atoms with Gasteiger partial charge in [-0.3, -0.25) is 29.0 Å². The van der Waals surface area contributed by atoms with Crippen LogP contribution in [0.5, 0.6) is 5.75 Å². The summed E-state index contributed by atoms with van der Waals surface area (Å²) in [6.45, 7) is 3.32. The molecule has 13 nitrogen and oxygen atoms in total. The minimum Gasteiger partial charge on any atom is -0.508 e. The number of carbonyl (C=O) groups is 4. The molecule has 3 aliphatic rings. The molecule has 6 unspecified atom stereocenters. The average Bonchev–Trinajstić information content (AvgIpc) is 3.03. The Morgan fingerprint density at radius 1 is 1.06 bits per heavy atom.